The highest BCUT2D eigenvalue weighted by Crippen LogP contribution is 2.34. The molecule has 2 rings (SSSR count). The Morgan fingerprint density at radius 1 is 1.53 bits per heavy atom. The van der Waals surface area contributed by atoms with Gasteiger partial charge >= 0.3 is 0 Å². The smallest absolute Gasteiger partial charge is 0.113 e. The predicted molar refractivity (Wildman–Crippen MR) is 74.4 cm³/mol. The van der Waals surface area contributed by atoms with E-state index in [0.717, 1.165) is 17.7 Å². The summed E-state index contributed by atoms with van der Waals surface area (Å²) in [4.78, 5) is 4.70. The summed E-state index contributed by atoms with van der Waals surface area (Å²) in [5.74, 6) is 0.761. The van der Waals surface area contributed by atoms with Gasteiger partial charge in [-0.05, 0) is 45.4 Å². The van der Waals surface area contributed by atoms with Gasteiger partial charge in [0.1, 0.15) is 5.01 Å². The summed E-state index contributed by atoms with van der Waals surface area (Å²) < 4.78 is 0. The highest BCUT2D eigenvalue weighted by Gasteiger charge is 2.35. The number of nitrogens with one attached hydrogen (secondary N) is 1. The molecule has 1 saturated carbocycles. The predicted octanol–water partition coefficient (Wildman–Crippen LogP) is 3.85. The lowest BCUT2D eigenvalue weighted by Gasteiger charge is -2.30. The van der Waals surface area contributed by atoms with Crippen LogP contribution in [0.1, 0.15) is 57.2 Å². The quantitative estimate of drug-likeness (QED) is 0.831. The number of aromatic nitrogens is 1. The molecule has 0 aliphatic heterocycles. The van der Waals surface area contributed by atoms with Gasteiger partial charge in [0.2, 0.25) is 0 Å². The number of hydrogen-bond acceptors (Lipinski definition) is 3. The summed E-state index contributed by atoms with van der Waals surface area (Å²) in [7, 11) is 0. The SMILES string of the molecule is Cc1csc(C(C)(CCC(C)C)NC2CC2)n1. The maximum atomic E-state index is 4.70. The minimum atomic E-state index is 0.0877. The van der Waals surface area contributed by atoms with Gasteiger partial charge in [0, 0.05) is 17.1 Å². The van der Waals surface area contributed by atoms with Crippen molar-refractivity contribution in [1.29, 1.82) is 0 Å². The zero-order valence-electron chi connectivity index (χ0n) is 11.4. The lowest BCUT2D eigenvalue weighted by molar-refractivity contribution is 0.308. The van der Waals surface area contributed by atoms with Crippen LogP contribution < -0.4 is 5.32 Å². The van der Waals surface area contributed by atoms with E-state index in [1.165, 1.54) is 30.7 Å². The van der Waals surface area contributed by atoms with E-state index in [9.17, 15) is 0 Å². The summed E-state index contributed by atoms with van der Waals surface area (Å²) in [5, 5.41) is 7.23. The summed E-state index contributed by atoms with van der Waals surface area (Å²) in [6.45, 7) is 9.00. The van der Waals surface area contributed by atoms with Crippen molar-refractivity contribution in [3.05, 3.63) is 16.1 Å². The minimum absolute atomic E-state index is 0.0877. The molecule has 96 valence electrons. The Balaban J connectivity index is 2.10. The van der Waals surface area contributed by atoms with Crippen LogP contribution in [-0.2, 0) is 5.54 Å². The van der Waals surface area contributed by atoms with E-state index in [-0.39, 0.29) is 5.54 Å². The number of hydrogen-bond donors (Lipinski definition) is 1. The van der Waals surface area contributed by atoms with E-state index in [1.54, 1.807) is 11.3 Å². The first-order valence-corrected chi connectivity index (χ1v) is 7.58. The average molecular weight is 252 g/mol. The van der Waals surface area contributed by atoms with Crippen molar-refractivity contribution < 1.29 is 0 Å². The maximum absolute atomic E-state index is 4.70. The van der Waals surface area contributed by atoms with Crippen molar-refractivity contribution in [3.8, 4) is 0 Å². The Morgan fingerprint density at radius 3 is 2.71 bits per heavy atom. The molecule has 3 heteroatoms. The van der Waals surface area contributed by atoms with Crippen molar-refractivity contribution in [1.82, 2.24) is 10.3 Å². The van der Waals surface area contributed by atoms with Gasteiger partial charge in [-0.25, -0.2) is 4.98 Å². The Morgan fingerprint density at radius 2 is 2.24 bits per heavy atom. The van der Waals surface area contributed by atoms with Gasteiger partial charge in [0.25, 0.3) is 0 Å². The fourth-order valence-corrected chi connectivity index (χ4v) is 3.06. The summed E-state index contributed by atoms with van der Waals surface area (Å²) >= 11 is 1.80. The molecule has 17 heavy (non-hydrogen) atoms. The normalized spacial score (nSPS) is 19.6. The first-order chi connectivity index (χ1) is 7.99. The molecule has 1 aliphatic carbocycles. The van der Waals surface area contributed by atoms with Crippen LogP contribution in [0, 0.1) is 12.8 Å². The molecule has 1 aromatic rings. The van der Waals surface area contributed by atoms with Crippen molar-refractivity contribution in [2.75, 3.05) is 0 Å². The van der Waals surface area contributed by atoms with Crippen LogP contribution in [-0.4, -0.2) is 11.0 Å². The van der Waals surface area contributed by atoms with Crippen LogP contribution in [0.15, 0.2) is 5.38 Å². The molecule has 1 atom stereocenters. The second-order valence-corrected chi connectivity index (χ2v) is 6.84. The van der Waals surface area contributed by atoms with Crippen LogP contribution in [0.25, 0.3) is 0 Å². The first-order valence-electron chi connectivity index (χ1n) is 6.70. The van der Waals surface area contributed by atoms with Crippen LogP contribution >= 0.6 is 11.3 Å². The third kappa shape index (κ3) is 3.52. The fourth-order valence-electron chi connectivity index (χ4n) is 2.10. The standard InChI is InChI=1S/C14H24N2S/c1-10(2)7-8-14(4,16-12-5-6-12)13-15-11(3)9-17-13/h9-10,12,16H,5-8H2,1-4H3. The summed E-state index contributed by atoms with van der Waals surface area (Å²) in [6, 6.07) is 0.733. The summed E-state index contributed by atoms with van der Waals surface area (Å²) in [6.07, 6.45) is 5.12. The molecule has 1 heterocycles. The molecule has 1 aliphatic rings. The van der Waals surface area contributed by atoms with E-state index in [2.05, 4.69) is 38.4 Å². The average Bonchev–Trinajstić information content (AvgIpc) is 2.95. The van der Waals surface area contributed by atoms with Crippen LogP contribution in [0.5, 0.6) is 0 Å². The molecule has 1 aromatic heterocycles. The molecule has 2 nitrogen and oxygen atoms in total. The van der Waals surface area contributed by atoms with Gasteiger partial charge in [-0.2, -0.15) is 0 Å². The molecule has 0 aromatic carbocycles. The Hall–Kier alpha value is -0.410. The van der Waals surface area contributed by atoms with E-state index in [1.807, 2.05) is 0 Å². The van der Waals surface area contributed by atoms with Gasteiger partial charge in [0.15, 0.2) is 0 Å². The van der Waals surface area contributed by atoms with Gasteiger partial charge in [-0.15, -0.1) is 11.3 Å². The number of aryl methyl sites for hydroxylation is 1. The molecular formula is C14H24N2S. The second kappa shape index (κ2) is 5.07. The molecular weight excluding hydrogens is 228 g/mol. The Bertz CT molecular complexity index is 368. The lowest BCUT2D eigenvalue weighted by Crippen LogP contribution is -2.41. The van der Waals surface area contributed by atoms with Crippen molar-refractivity contribution in [3.63, 3.8) is 0 Å². The number of rotatable bonds is 6. The molecule has 0 spiro atoms. The van der Waals surface area contributed by atoms with E-state index < -0.39 is 0 Å². The highest BCUT2D eigenvalue weighted by atomic mass is 32.1. The monoisotopic (exact) mass is 252 g/mol. The Labute approximate surface area is 109 Å². The summed E-state index contributed by atoms with van der Waals surface area (Å²) in [5.41, 5.74) is 1.24. The van der Waals surface area contributed by atoms with Crippen LogP contribution in [0.4, 0.5) is 0 Å². The third-order valence-electron chi connectivity index (χ3n) is 3.41. The second-order valence-electron chi connectivity index (χ2n) is 5.98. The van der Waals surface area contributed by atoms with Crippen molar-refractivity contribution in [2.45, 2.75) is 65.0 Å². The molecule has 1 N–H and O–H groups in total. The molecule has 1 fully saturated rings. The van der Waals surface area contributed by atoms with Crippen molar-refractivity contribution in [2.24, 2.45) is 5.92 Å². The molecule has 0 amide bonds. The third-order valence-corrected chi connectivity index (χ3v) is 4.64. The van der Waals surface area contributed by atoms with E-state index >= 15 is 0 Å². The Kier molecular flexibility index (Phi) is 3.88. The molecule has 0 bridgehead atoms. The van der Waals surface area contributed by atoms with Crippen LogP contribution in [0.2, 0.25) is 0 Å². The van der Waals surface area contributed by atoms with Crippen molar-refractivity contribution >= 4 is 11.3 Å². The molecule has 0 saturated heterocycles. The van der Waals surface area contributed by atoms with E-state index in [0.29, 0.717) is 0 Å². The fraction of sp³-hybridized carbons (Fsp3) is 0.786. The topological polar surface area (TPSA) is 24.9 Å². The van der Waals surface area contributed by atoms with Gasteiger partial charge in [-0.3, -0.25) is 0 Å². The first kappa shape index (κ1) is 13.0. The van der Waals surface area contributed by atoms with Gasteiger partial charge in [0.05, 0.1) is 5.54 Å². The molecule has 1 unspecified atom stereocenters. The highest BCUT2D eigenvalue weighted by molar-refractivity contribution is 7.09. The number of thiazole rings is 1. The van der Waals surface area contributed by atoms with Crippen LogP contribution in [0.3, 0.4) is 0 Å². The van der Waals surface area contributed by atoms with Gasteiger partial charge < -0.3 is 5.32 Å². The zero-order chi connectivity index (χ0) is 12.5. The minimum Gasteiger partial charge on any atom is -0.303 e. The lowest BCUT2D eigenvalue weighted by atomic mass is 9.92. The largest absolute Gasteiger partial charge is 0.303 e. The van der Waals surface area contributed by atoms with Gasteiger partial charge in [-0.1, -0.05) is 13.8 Å². The van der Waals surface area contributed by atoms with E-state index in [4.69, 9.17) is 4.98 Å². The number of nitrogens with zero attached hydrogens (tertiary/aromatic N) is 1. The molecule has 0 radical (unpaired) electrons. The zero-order valence-corrected chi connectivity index (χ0v) is 12.2. The maximum Gasteiger partial charge on any atom is 0.113 e.